The number of nitrogens with zero attached hydrogens (tertiary/aromatic N) is 2. The first-order chi connectivity index (χ1) is 14.8. The van der Waals surface area contributed by atoms with Gasteiger partial charge in [-0.05, 0) is 52.9 Å². The van der Waals surface area contributed by atoms with E-state index in [1.165, 1.54) is 4.68 Å². The maximum atomic E-state index is 13.0. The highest BCUT2D eigenvalue weighted by Crippen LogP contribution is 2.23. The highest BCUT2D eigenvalue weighted by atomic mass is 16.5. The van der Waals surface area contributed by atoms with Gasteiger partial charge in [-0.2, -0.15) is 0 Å². The number of nitrogens with one attached hydrogen (secondary N) is 1. The summed E-state index contributed by atoms with van der Waals surface area (Å²) in [5, 5.41) is 2.65. The smallest absolute Gasteiger partial charge is 0.356 e. The lowest BCUT2D eigenvalue weighted by molar-refractivity contribution is 0.306. The van der Waals surface area contributed by atoms with Crippen LogP contribution in [0.1, 0.15) is 31.9 Å². The van der Waals surface area contributed by atoms with Gasteiger partial charge < -0.3 is 4.74 Å². The SMILES string of the molecule is CC(C)(C)c1cccc(-n2[nH]c(=O)n(-c3ccc(OCc4ccccc4)cc3)c2=O)c1. The first-order valence-electron chi connectivity index (χ1n) is 10.1. The second-order valence-corrected chi connectivity index (χ2v) is 8.44. The van der Waals surface area contributed by atoms with Crippen LogP contribution < -0.4 is 16.1 Å². The summed E-state index contributed by atoms with van der Waals surface area (Å²) >= 11 is 0. The Hall–Kier alpha value is -3.80. The van der Waals surface area contributed by atoms with Gasteiger partial charge in [-0.1, -0.05) is 63.2 Å². The van der Waals surface area contributed by atoms with Crippen LogP contribution in [0.3, 0.4) is 0 Å². The molecular formula is C25H25N3O3. The lowest BCUT2D eigenvalue weighted by Crippen LogP contribution is -2.26. The summed E-state index contributed by atoms with van der Waals surface area (Å²) in [5.74, 6) is 0.661. The molecule has 0 aliphatic rings. The summed E-state index contributed by atoms with van der Waals surface area (Å²) < 4.78 is 8.18. The molecule has 1 aromatic heterocycles. The van der Waals surface area contributed by atoms with Gasteiger partial charge in [-0.3, -0.25) is 0 Å². The minimum atomic E-state index is -0.496. The fourth-order valence-electron chi connectivity index (χ4n) is 3.33. The summed E-state index contributed by atoms with van der Waals surface area (Å²) in [6.07, 6.45) is 0. The molecule has 0 fully saturated rings. The molecule has 0 spiro atoms. The van der Waals surface area contributed by atoms with Crippen molar-refractivity contribution in [3.63, 3.8) is 0 Å². The molecule has 0 radical (unpaired) electrons. The molecule has 158 valence electrons. The van der Waals surface area contributed by atoms with Crippen molar-refractivity contribution in [1.29, 1.82) is 0 Å². The van der Waals surface area contributed by atoms with Crippen LogP contribution in [0.25, 0.3) is 11.4 Å². The van der Waals surface area contributed by atoms with E-state index in [-0.39, 0.29) is 5.41 Å². The van der Waals surface area contributed by atoms with E-state index in [2.05, 4.69) is 25.9 Å². The zero-order valence-electron chi connectivity index (χ0n) is 17.8. The third kappa shape index (κ3) is 4.38. The highest BCUT2D eigenvalue weighted by molar-refractivity contribution is 5.40. The van der Waals surface area contributed by atoms with Gasteiger partial charge in [-0.25, -0.2) is 23.9 Å². The van der Waals surface area contributed by atoms with Crippen molar-refractivity contribution < 1.29 is 4.74 Å². The third-order valence-corrected chi connectivity index (χ3v) is 5.11. The van der Waals surface area contributed by atoms with Gasteiger partial charge in [0.05, 0.1) is 11.4 Å². The number of hydrogen-bond donors (Lipinski definition) is 1. The van der Waals surface area contributed by atoms with E-state index in [1.807, 2.05) is 48.5 Å². The van der Waals surface area contributed by atoms with Crippen molar-refractivity contribution in [3.8, 4) is 17.1 Å². The molecule has 4 aromatic rings. The van der Waals surface area contributed by atoms with Crippen molar-refractivity contribution >= 4 is 0 Å². The van der Waals surface area contributed by atoms with Gasteiger partial charge in [-0.15, -0.1) is 0 Å². The van der Waals surface area contributed by atoms with Crippen LogP contribution in [0.5, 0.6) is 5.75 Å². The van der Waals surface area contributed by atoms with Crippen molar-refractivity contribution in [2.45, 2.75) is 32.8 Å². The number of aromatic nitrogens is 3. The van der Waals surface area contributed by atoms with Gasteiger partial charge in [0.2, 0.25) is 0 Å². The summed E-state index contributed by atoms with van der Waals surface area (Å²) in [6, 6.07) is 24.4. The molecule has 0 aliphatic carbocycles. The van der Waals surface area contributed by atoms with Crippen LogP contribution in [0.4, 0.5) is 0 Å². The van der Waals surface area contributed by atoms with E-state index in [0.29, 0.717) is 23.7 Å². The zero-order chi connectivity index (χ0) is 22.0. The maximum absolute atomic E-state index is 13.0. The minimum absolute atomic E-state index is 0.0714. The van der Waals surface area contributed by atoms with Crippen LogP contribution in [0.15, 0.2) is 88.5 Å². The fraction of sp³-hybridized carbons (Fsp3) is 0.200. The molecule has 0 amide bonds. The Morgan fingerprint density at radius 1 is 0.839 bits per heavy atom. The molecule has 4 rings (SSSR count). The summed E-state index contributed by atoms with van der Waals surface area (Å²) in [4.78, 5) is 25.6. The van der Waals surface area contributed by atoms with Crippen LogP contribution >= 0.6 is 0 Å². The minimum Gasteiger partial charge on any atom is -0.489 e. The Morgan fingerprint density at radius 3 is 2.23 bits per heavy atom. The number of hydrogen-bond acceptors (Lipinski definition) is 3. The van der Waals surface area contributed by atoms with Crippen molar-refractivity contribution in [2.24, 2.45) is 0 Å². The lowest BCUT2D eigenvalue weighted by Gasteiger charge is -2.19. The maximum Gasteiger partial charge on any atom is 0.356 e. The van der Waals surface area contributed by atoms with E-state index in [0.717, 1.165) is 15.7 Å². The van der Waals surface area contributed by atoms with E-state index in [4.69, 9.17) is 4.74 Å². The van der Waals surface area contributed by atoms with Crippen LogP contribution in [0.2, 0.25) is 0 Å². The molecule has 0 saturated heterocycles. The summed E-state index contributed by atoms with van der Waals surface area (Å²) in [6.45, 7) is 6.75. The van der Waals surface area contributed by atoms with Gasteiger partial charge in [0.1, 0.15) is 12.4 Å². The number of benzene rings is 3. The van der Waals surface area contributed by atoms with Gasteiger partial charge in [0.25, 0.3) is 0 Å². The number of H-pyrrole nitrogens is 1. The Balaban J connectivity index is 1.61. The molecule has 0 aliphatic heterocycles. The molecular weight excluding hydrogens is 390 g/mol. The Kier molecular flexibility index (Phi) is 5.38. The molecule has 0 unspecified atom stereocenters. The van der Waals surface area contributed by atoms with Crippen molar-refractivity contribution in [3.05, 3.63) is 111 Å². The van der Waals surface area contributed by atoms with E-state index in [1.54, 1.807) is 30.3 Å². The van der Waals surface area contributed by atoms with Crippen LogP contribution in [0, 0.1) is 0 Å². The van der Waals surface area contributed by atoms with Crippen LogP contribution in [-0.4, -0.2) is 14.3 Å². The van der Waals surface area contributed by atoms with Crippen molar-refractivity contribution in [2.75, 3.05) is 0 Å². The van der Waals surface area contributed by atoms with Gasteiger partial charge in [0, 0.05) is 0 Å². The molecule has 0 bridgehead atoms. The van der Waals surface area contributed by atoms with E-state index >= 15 is 0 Å². The quantitative estimate of drug-likeness (QED) is 0.531. The first-order valence-corrected chi connectivity index (χ1v) is 10.1. The largest absolute Gasteiger partial charge is 0.489 e. The second kappa shape index (κ2) is 8.14. The Bertz CT molecular complexity index is 1290. The summed E-state index contributed by atoms with van der Waals surface area (Å²) in [7, 11) is 0. The predicted octanol–water partition coefficient (Wildman–Crippen LogP) is 4.19. The highest BCUT2D eigenvalue weighted by Gasteiger charge is 2.17. The molecule has 1 heterocycles. The van der Waals surface area contributed by atoms with Crippen molar-refractivity contribution in [1.82, 2.24) is 14.3 Å². The van der Waals surface area contributed by atoms with Gasteiger partial charge >= 0.3 is 11.4 Å². The number of rotatable bonds is 5. The first kappa shape index (κ1) is 20.5. The fourth-order valence-corrected chi connectivity index (χ4v) is 3.33. The molecule has 31 heavy (non-hydrogen) atoms. The Morgan fingerprint density at radius 2 is 1.55 bits per heavy atom. The average Bonchev–Trinajstić information content (AvgIpc) is 3.07. The molecule has 3 aromatic carbocycles. The molecule has 0 saturated carbocycles. The Labute approximate surface area is 180 Å². The lowest BCUT2D eigenvalue weighted by atomic mass is 9.87. The van der Waals surface area contributed by atoms with E-state index < -0.39 is 11.4 Å². The summed E-state index contributed by atoms with van der Waals surface area (Å²) in [5.41, 5.74) is 2.22. The molecule has 1 N–H and O–H groups in total. The second-order valence-electron chi connectivity index (χ2n) is 8.44. The van der Waals surface area contributed by atoms with Gasteiger partial charge in [0.15, 0.2) is 0 Å². The normalized spacial score (nSPS) is 11.5. The average molecular weight is 415 g/mol. The topological polar surface area (TPSA) is 69.0 Å². The monoisotopic (exact) mass is 415 g/mol. The molecule has 6 nitrogen and oxygen atoms in total. The molecule has 0 atom stereocenters. The van der Waals surface area contributed by atoms with E-state index in [9.17, 15) is 9.59 Å². The zero-order valence-corrected chi connectivity index (χ0v) is 17.8. The number of aromatic amines is 1. The standard InChI is InChI=1S/C25H25N3O3/c1-25(2,3)19-10-7-11-21(16-19)28-24(30)27(23(29)26-28)20-12-14-22(15-13-20)31-17-18-8-5-4-6-9-18/h4-16H,17H2,1-3H3,(H,26,29). The third-order valence-electron chi connectivity index (χ3n) is 5.11. The van der Waals surface area contributed by atoms with Crippen LogP contribution in [-0.2, 0) is 12.0 Å². The predicted molar refractivity (Wildman–Crippen MR) is 121 cm³/mol. The number of ether oxygens (including phenoxy) is 1. The molecule has 6 heteroatoms.